The molecule has 0 bridgehead atoms. The number of hydrogen-bond donors (Lipinski definition) is 1. The maximum atomic E-state index is 3.63. The van der Waals surface area contributed by atoms with Crippen molar-refractivity contribution in [1.82, 2.24) is 5.32 Å². The molecule has 0 unspecified atom stereocenters. The van der Waals surface area contributed by atoms with Crippen molar-refractivity contribution in [1.29, 1.82) is 0 Å². The molecule has 17 heavy (non-hydrogen) atoms. The minimum absolute atomic E-state index is 0.508. The van der Waals surface area contributed by atoms with Crippen molar-refractivity contribution in [3.05, 3.63) is 29.3 Å². The second-order valence-corrected chi connectivity index (χ2v) is 5.76. The number of anilines is 1. The maximum Gasteiger partial charge on any atom is 0.0453 e. The number of nitrogens with zero attached hydrogens (tertiary/aromatic N) is 1. The molecule has 4 rings (SSSR count). The van der Waals surface area contributed by atoms with Crippen LogP contribution in [0.3, 0.4) is 0 Å². The summed E-state index contributed by atoms with van der Waals surface area (Å²) in [7, 11) is 0. The van der Waals surface area contributed by atoms with Crippen LogP contribution in [0.15, 0.2) is 18.2 Å². The Balaban J connectivity index is 1.92. The van der Waals surface area contributed by atoms with Crippen molar-refractivity contribution < 1.29 is 0 Å². The van der Waals surface area contributed by atoms with E-state index in [4.69, 9.17) is 0 Å². The SMILES string of the molecule is C[C@H]1NCCN2c3c1cccc3[C@@H]1CCC[C@@H]12. The first kappa shape index (κ1) is 9.95. The Morgan fingerprint density at radius 3 is 3.06 bits per heavy atom. The molecule has 3 atom stereocenters. The highest BCUT2D eigenvalue weighted by atomic mass is 15.2. The first-order valence-electron chi connectivity index (χ1n) is 6.99. The Kier molecular flexibility index (Phi) is 2.04. The van der Waals surface area contributed by atoms with Crippen LogP contribution in [-0.4, -0.2) is 19.1 Å². The van der Waals surface area contributed by atoms with Crippen LogP contribution >= 0.6 is 0 Å². The molecule has 2 nitrogen and oxygen atoms in total. The molecule has 2 aliphatic heterocycles. The van der Waals surface area contributed by atoms with E-state index >= 15 is 0 Å². The molecule has 1 aromatic carbocycles. The fourth-order valence-corrected chi connectivity index (χ4v) is 4.19. The summed E-state index contributed by atoms with van der Waals surface area (Å²) in [5.41, 5.74) is 4.75. The molecule has 0 saturated heterocycles. The first-order valence-corrected chi connectivity index (χ1v) is 6.99. The van der Waals surface area contributed by atoms with Gasteiger partial charge in [-0.1, -0.05) is 24.6 Å². The third-order valence-corrected chi connectivity index (χ3v) is 4.93. The van der Waals surface area contributed by atoms with Gasteiger partial charge in [-0.05, 0) is 30.9 Å². The highest BCUT2D eigenvalue weighted by Gasteiger charge is 2.43. The molecule has 2 heteroatoms. The third kappa shape index (κ3) is 1.25. The van der Waals surface area contributed by atoms with Crippen LogP contribution in [-0.2, 0) is 0 Å². The maximum absolute atomic E-state index is 3.63. The van der Waals surface area contributed by atoms with Crippen LogP contribution in [0.5, 0.6) is 0 Å². The Morgan fingerprint density at radius 2 is 2.12 bits per heavy atom. The lowest BCUT2D eigenvalue weighted by Gasteiger charge is -2.26. The van der Waals surface area contributed by atoms with Crippen LogP contribution in [0.2, 0.25) is 0 Å². The van der Waals surface area contributed by atoms with Crippen LogP contribution in [0.1, 0.15) is 49.3 Å². The van der Waals surface area contributed by atoms with Gasteiger partial charge in [0, 0.05) is 36.8 Å². The Bertz CT molecular complexity index is 454. The Hall–Kier alpha value is -1.02. The van der Waals surface area contributed by atoms with Crippen molar-refractivity contribution in [3.8, 4) is 0 Å². The molecule has 0 radical (unpaired) electrons. The average Bonchev–Trinajstić information content (AvgIpc) is 2.86. The van der Waals surface area contributed by atoms with Crippen molar-refractivity contribution >= 4 is 5.69 Å². The lowest BCUT2D eigenvalue weighted by atomic mass is 9.94. The quantitative estimate of drug-likeness (QED) is 0.734. The monoisotopic (exact) mass is 228 g/mol. The third-order valence-electron chi connectivity index (χ3n) is 4.93. The fourth-order valence-electron chi connectivity index (χ4n) is 4.19. The van der Waals surface area contributed by atoms with Gasteiger partial charge < -0.3 is 10.2 Å². The number of hydrogen-bond acceptors (Lipinski definition) is 2. The standard InChI is InChI=1S/C15H20N2/c1-10-11-4-2-6-13-12-5-3-7-14(12)17(15(11)13)9-8-16-10/h2,4,6,10,12,14,16H,3,5,7-9H2,1H3/t10-,12+,14+/m1/s1. The highest BCUT2D eigenvalue weighted by molar-refractivity contribution is 5.68. The van der Waals surface area contributed by atoms with E-state index in [1.165, 1.54) is 31.4 Å². The molecule has 0 spiro atoms. The predicted molar refractivity (Wildman–Crippen MR) is 70.6 cm³/mol. The van der Waals surface area contributed by atoms with Crippen LogP contribution in [0.25, 0.3) is 0 Å². The summed E-state index contributed by atoms with van der Waals surface area (Å²) in [4.78, 5) is 2.71. The van der Waals surface area contributed by atoms with E-state index in [-0.39, 0.29) is 0 Å². The van der Waals surface area contributed by atoms with Gasteiger partial charge in [-0.25, -0.2) is 0 Å². The zero-order valence-electron chi connectivity index (χ0n) is 10.4. The Morgan fingerprint density at radius 1 is 1.24 bits per heavy atom. The van der Waals surface area contributed by atoms with Crippen molar-refractivity contribution in [3.63, 3.8) is 0 Å². The molecular weight excluding hydrogens is 208 g/mol. The van der Waals surface area contributed by atoms with Gasteiger partial charge in [-0.2, -0.15) is 0 Å². The van der Waals surface area contributed by atoms with Gasteiger partial charge in [-0.3, -0.25) is 0 Å². The van der Waals surface area contributed by atoms with E-state index in [9.17, 15) is 0 Å². The second kappa shape index (κ2) is 3.49. The number of benzene rings is 1. The largest absolute Gasteiger partial charge is 0.366 e. The number of rotatable bonds is 0. The minimum Gasteiger partial charge on any atom is -0.366 e. The molecule has 2 heterocycles. The number of fused-ring (bicyclic) bond motifs is 3. The summed E-state index contributed by atoms with van der Waals surface area (Å²) in [6.07, 6.45) is 4.21. The molecule has 1 N–H and O–H groups in total. The molecule has 90 valence electrons. The molecule has 1 aromatic rings. The summed E-state index contributed by atoms with van der Waals surface area (Å²) in [5.74, 6) is 0.829. The number of para-hydroxylation sites is 1. The van der Waals surface area contributed by atoms with Gasteiger partial charge in [0.2, 0.25) is 0 Å². The van der Waals surface area contributed by atoms with Gasteiger partial charge in [0.15, 0.2) is 0 Å². The van der Waals surface area contributed by atoms with E-state index < -0.39 is 0 Å². The minimum atomic E-state index is 0.508. The van der Waals surface area contributed by atoms with Gasteiger partial charge in [-0.15, -0.1) is 0 Å². The van der Waals surface area contributed by atoms with Crippen molar-refractivity contribution in [2.24, 2.45) is 0 Å². The van der Waals surface area contributed by atoms with E-state index in [1.807, 2.05) is 0 Å². The lowest BCUT2D eigenvalue weighted by molar-refractivity contribution is 0.553. The lowest BCUT2D eigenvalue weighted by Crippen LogP contribution is -2.35. The molecule has 1 saturated carbocycles. The van der Waals surface area contributed by atoms with Crippen molar-refractivity contribution in [2.45, 2.75) is 44.2 Å². The summed E-state index contributed by atoms with van der Waals surface area (Å²) >= 11 is 0. The molecule has 1 aliphatic carbocycles. The van der Waals surface area contributed by atoms with E-state index in [1.54, 1.807) is 11.3 Å². The fraction of sp³-hybridized carbons (Fsp3) is 0.600. The summed E-state index contributed by atoms with van der Waals surface area (Å²) in [6.45, 7) is 4.61. The summed E-state index contributed by atoms with van der Waals surface area (Å²) in [6, 6.07) is 8.26. The smallest absolute Gasteiger partial charge is 0.0453 e. The molecular formula is C15H20N2. The van der Waals surface area contributed by atoms with Gasteiger partial charge in [0.05, 0.1) is 0 Å². The van der Waals surface area contributed by atoms with Crippen molar-refractivity contribution in [2.75, 3.05) is 18.0 Å². The van der Waals surface area contributed by atoms with E-state index in [0.717, 1.165) is 18.5 Å². The van der Waals surface area contributed by atoms with Crippen LogP contribution < -0.4 is 10.2 Å². The average molecular weight is 228 g/mol. The first-order chi connectivity index (χ1) is 8.36. The van der Waals surface area contributed by atoms with Crippen LogP contribution in [0.4, 0.5) is 5.69 Å². The summed E-state index contributed by atoms with van der Waals surface area (Å²) < 4.78 is 0. The zero-order chi connectivity index (χ0) is 11.4. The molecule has 0 amide bonds. The molecule has 0 aromatic heterocycles. The number of nitrogens with one attached hydrogen (secondary N) is 1. The normalized spacial score (nSPS) is 34.4. The Labute approximate surface area is 103 Å². The van der Waals surface area contributed by atoms with E-state index in [0.29, 0.717) is 6.04 Å². The predicted octanol–water partition coefficient (Wildman–Crippen LogP) is 2.81. The second-order valence-electron chi connectivity index (χ2n) is 5.76. The zero-order valence-corrected chi connectivity index (χ0v) is 10.4. The molecule has 1 fully saturated rings. The topological polar surface area (TPSA) is 15.3 Å². The van der Waals surface area contributed by atoms with Crippen LogP contribution in [0, 0.1) is 0 Å². The highest BCUT2D eigenvalue weighted by Crippen LogP contribution is 2.51. The molecule has 3 aliphatic rings. The van der Waals surface area contributed by atoms with E-state index in [2.05, 4.69) is 35.3 Å². The summed E-state index contributed by atoms with van der Waals surface area (Å²) in [5, 5.41) is 3.63. The van der Waals surface area contributed by atoms with Gasteiger partial charge in [0.25, 0.3) is 0 Å². The van der Waals surface area contributed by atoms with Gasteiger partial charge >= 0.3 is 0 Å². The van der Waals surface area contributed by atoms with Gasteiger partial charge in [0.1, 0.15) is 0 Å².